The summed E-state index contributed by atoms with van der Waals surface area (Å²) in [5, 5.41) is 12.3. The van der Waals surface area contributed by atoms with Crippen molar-refractivity contribution < 1.29 is 9.90 Å². The Morgan fingerprint density at radius 3 is 2.68 bits per heavy atom. The molecular weight excluding hydrogens is 312 g/mol. The number of aromatic nitrogens is 1. The first kappa shape index (κ1) is 14.3. The highest BCUT2D eigenvalue weighted by atomic mass is 79.9. The van der Waals surface area contributed by atoms with Gasteiger partial charge in [0.15, 0.2) is 0 Å². The molecule has 0 radical (unpaired) electrons. The molecule has 0 bridgehead atoms. The number of aromatic amines is 1. The van der Waals surface area contributed by atoms with Crippen LogP contribution in [-0.2, 0) is 0 Å². The summed E-state index contributed by atoms with van der Waals surface area (Å²) in [6.45, 7) is 1.76. The summed E-state index contributed by atoms with van der Waals surface area (Å²) in [6, 6.07) is 0.0374. The van der Waals surface area contributed by atoms with E-state index in [1.165, 1.54) is 6.20 Å². The third-order valence-electron chi connectivity index (χ3n) is 3.48. The van der Waals surface area contributed by atoms with E-state index in [4.69, 9.17) is 0 Å². The molecule has 1 aliphatic rings. The van der Waals surface area contributed by atoms with Crippen LogP contribution in [0.5, 0.6) is 0 Å². The smallest absolute Gasteiger partial charge is 0.257 e. The van der Waals surface area contributed by atoms with Crippen LogP contribution in [0.25, 0.3) is 0 Å². The van der Waals surface area contributed by atoms with Crippen molar-refractivity contribution in [1.29, 1.82) is 0 Å². The van der Waals surface area contributed by atoms with Crippen molar-refractivity contribution in [2.75, 3.05) is 0 Å². The van der Waals surface area contributed by atoms with E-state index in [0.717, 1.165) is 12.8 Å². The van der Waals surface area contributed by atoms with E-state index in [2.05, 4.69) is 26.2 Å². The van der Waals surface area contributed by atoms with Crippen molar-refractivity contribution in [3.8, 4) is 0 Å². The van der Waals surface area contributed by atoms with E-state index in [1.54, 1.807) is 6.92 Å². The van der Waals surface area contributed by atoms with Gasteiger partial charge in [-0.25, -0.2) is 0 Å². The Bertz CT molecular complexity index is 533. The van der Waals surface area contributed by atoms with Gasteiger partial charge in [0.05, 0.1) is 10.6 Å². The Balaban J connectivity index is 2.08. The molecule has 0 unspecified atom stereocenters. The summed E-state index contributed by atoms with van der Waals surface area (Å²) in [5.41, 5.74) is 0.510. The second-order valence-electron chi connectivity index (χ2n) is 4.95. The minimum absolute atomic E-state index is 0.0374. The van der Waals surface area contributed by atoms with E-state index < -0.39 is 0 Å². The molecular formula is C13H17BrN2O3. The molecule has 6 heteroatoms. The number of nitrogens with one attached hydrogen (secondary N) is 2. The second kappa shape index (κ2) is 5.88. The lowest BCUT2D eigenvalue weighted by molar-refractivity contribution is 0.0866. The van der Waals surface area contributed by atoms with Gasteiger partial charge in [0, 0.05) is 17.9 Å². The fourth-order valence-electron chi connectivity index (χ4n) is 2.25. The highest BCUT2D eigenvalue weighted by Crippen LogP contribution is 2.18. The minimum atomic E-state index is -0.358. The molecule has 1 fully saturated rings. The van der Waals surface area contributed by atoms with Crippen LogP contribution in [0, 0.1) is 6.92 Å². The van der Waals surface area contributed by atoms with Gasteiger partial charge in [-0.1, -0.05) is 0 Å². The molecule has 0 spiro atoms. The van der Waals surface area contributed by atoms with Gasteiger partial charge in [-0.2, -0.15) is 0 Å². The SMILES string of the molecule is Cc1[nH]cc(C(=O)NC2CCC(O)CC2)c(=O)c1Br. The van der Waals surface area contributed by atoms with Gasteiger partial charge >= 0.3 is 0 Å². The quantitative estimate of drug-likeness (QED) is 0.769. The minimum Gasteiger partial charge on any atom is -0.393 e. The van der Waals surface area contributed by atoms with Gasteiger partial charge in [0.1, 0.15) is 5.56 Å². The topological polar surface area (TPSA) is 82.2 Å². The van der Waals surface area contributed by atoms with Crippen LogP contribution in [0.2, 0.25) is 0 Å². The molecule has 2 rings (SSSR count). The highest BCUT2D eigenvalue weighted by molar-refractivity contribution is 9.10. The van der Waals surface area contributed by atoms with Gasteiger partial charge in [0.25, 0.3) is 5.91 Å². The molecule has 1 heterocycles. The molecule has 1 aromatic rings. The lowest BCUT2D eigenvalue weighted by atomic mass is 9.93. The summed E-state index contributed by atoms with van der Waals surface area (Å²) in [5.74, 6) is -0.358. The molecule has 3 N–H and O–H groups in total. The molecule has 0 atom stereocenters. The zero-order valence-electron chi connectivity index (χ0n) is 10.7. The predicted octanol–water partition coefficient (Wildman–Crippen LogP) is 1.48. The highest BCUT2D eigenvalue weighted by Gasteiger charge is 2.22. The summed E-state index contributed by atoms with van der Waals surface area (Å²) in [7, 11) is 0. The van der Waals surface area contributed by atoms with Crippen LogP contribution < -0.4 is 10.7 Å². The first-order chi connectivity index (χ1) is 8.99. The van der Waals surface area contributed by atoms with Crippen molar-refractivity contribution in [3.05, 3.63) is 32.2 Å². The van der Waals surface area contributed by atoms with E-state index in [9.17, 15) is 14.7 Å². The number of amides is 1. The molecule has 0 aliphatic heterocycles. The van der Waals surface area contributed by atoms with E-state index in [1.807, 2.05) is 0 Å². The Labute approximate surface area is 119 Å². The first-order valence-corrected chi connectivity index (χ1v) is 7.15. The lowest BCUT2D eigenvalue weighted by Gasteiger charge is -2.26. The number of halogens is 1. The molecule has 5 nitrogen and oxygen atoms in total. The molecule has 1 aromatic heterocycles. The lowest BCUT2D eigenvalue weighted by Crippen LogP contribution is -2.40. The maximum absolute atomic E-state index is 12.1. The molecule has 1 saturated carbocycles. The fourth-order valence-corrected chi connectivity index (χ4v) is 2.58. The maximum atomic E-state index is 12.1. The van der Waals surface area contributed by atoms with Gasteiger partial charge in [-0.15, -0.1) is 0 Å². The Morgan fingerprint density at radius 1 is 1.42 bits per heavy atom. The Kier molecular flexibility index (Phi) is 4.42. The van der Waals surface area contributed by atoms with E-state index in [-0.39, 0.29) is 29.0 Å². The van der Waals surface area contributed by atoms with Gasteiger partial charge in [-0.3, -0.25) is 9.59 Å². The Hall–Kier alpha value is -1.14. The molecule has 1 aliphatic carbocycles. The first-order valence-electron chi connectivity index (χ1n) is 6.35. The number of carbonyl (C=O) groups excluding carboxylic acids is 1. The monoisotopic (exact) mass is 328 g/mol. The number of aliphatic hydroxyl groups excluding tert-OH is 1. The normalized spacial score (nSPS) is 23.1. The van der Waals surface area contributed by atoms with Crippen LogP contribution in [0.4, 0.5) is 0 Å². The maximum Gasteiger partial charge on any atom is 0.257 e. The third kappa shape index (κ3) is 3.25. The van der Waals surface area contributed by atoms with E-state index >= 15 is 0 Å². The molecule has 0 aromatic carbocycles. The Morgan fingerprint density at radius 2 is 2.05 bits per heavy atom. The van der Waals surface area contributed by atoms with Crippen LogP contribution in [0.3, 0.4) is 0 Å². The van der Waals surface area contributed by atoms with Crippen molar-refractivity contribution in [1.82, 2.24) is 10.3 Å². The third-order valence-corrected chi connectivity index (χ3v) is 4.44. The number of pyridine rings is 1. The average Bonchev–Trinajstić information content (AvgIpc) is 2.39. The van der Waals surface area contributed by atoms with Gasteiger partial charge in [-0.05, 0) is 48.5 Å². The summed E-state index contributed by atoms with van der Waals surface area (Å²) >= 11 is 3.17. The number of hydrogen-bond donors (Lipinski definition) is 3. The molecule has 0 saturated heterocycles. The predicted molar refractivity (Wildman–Crippen MR) is 75.2 cm³/mol. The average molecular weight is 329 g/mol. The number of aliphatic hydroxyl groups is 1. The van der Waals surface area contributed by atoms with Crippen molar-refractivity contribution in [2.45, 2.75) is 44.8 Å². The van der Waals surface area contributed by atoms with Crippen LogP contribution in [0.15, 0.2) is 15.5 Å². The number of hydrogen-bond acceptors (Lipinski definition) is 3. The fraction of sp³-hybridized carbons (Fsp3) is 0.538. The van der Waals surface area contributed by atoms with Crippen LogP contribution >= 0.6 is 15.9 Å². The summed E-state index contributed by atoms with van der Waals surface area (Å²) in [6.07, 6.45) is 4.06. The number of aryl methyl sites for hydroxylation is 1. The standard InChI is InChI=1S/C13H17BrN2O3/c1-7-11(14)12(18)10(6-15-7)13(19)16-8-2-4-9(17)5-3-8/h6,8-9,17H,2-5H2,1H3,(H,15,18)(H,16,19). The zero-order valence-corrected chi connectivity index (χ0v) is 12.3. The summed E-state index contributed by atoms with van der Waals surface area (Å²) < 4.78 is 0.388. The van der Waals surface area contributed by atoms with Gasteiger partial charge in [0.2, 0.25) is 5.43 Å². The van der Waals surface area contributed by atoms with Gasteiger partial charge < -0.3 is 15.4 Å². The number of H-pyrrole nitrogens is 1. The molecule has 1 amide bonds. The summed E-state index contributed by atoms with van der Waals surface area (Å²) in [4.78, 5) is 26.9. The van der Waals surface area contributed by atoms with Crippen molar-refractivity contribution in [3.63, 3.8) is 0 Å². The molecule has 104 valence electrons. The van der Waals surface area contributed by atoms with Crippen LogP contribution in [0.1, 0.15) is 41.7 Å². The number of rotatable bonds is 2. The van der Waals surface area contributed by atoms with E-state index in [0.29, 0.717) is 23.0 Å². The second-order valence-corrected chi connectivity index (χ2v) is 5.74. The van der Waals surface area contributed by atoms with Crippen molar-refractivity contribution in [2.24, 2.45) is 0 Å². The largest absolute Gasteiger partial charge is 0.393 e. The molecule has 19 heavy (non-hydrogen) atoms. The van der Waals surface area contributed by atoms with Crippen LogP contribution in [-0.4, -0.2) is 28.1 Å². The number of carbonyl (C=O) groups is 1. The van der Waals surface area contributed by atoms with Crippen molar-refractivity contribution >= 4 is 21.8 Å². The zero-order chi connectivity index (χ0) is 14.0.